The zero-order valence-corrected chi connectivity index (χ0v) is 9.27. The number of methoxy groups -OCH3 is 1. The van der Waals surface area contributed by atoms with Crippen LogP contribution in [0.3, 0.4) is 0 Å². The molecule has 1 rings (SSSR count). The molecule has 1 aromatic carbocycles. The standard InChI is InChI=1S/C11H15ClO/c1-7(2)9-6-5-8(3)11(13-4)10(9)12/h5-7H,1-4H3. The molecule has 0 radical (unpaired) electrons. The van der Waals surface area contributed by atoms with Gasteiger partial charge in [0, 0.05) is 0 Å². The van der Waals surface area contributed by atoms with E-state index in [1.807, 2.05) is 13.0 Å². The molecule has 0 bridgehead atoms. The molecule has 0 amide bonds. The molecule has 0 N–H and O–H groups in total. The number of hydrogen-bond donors (Lipinski definition) is 0. The highest BCUT2D eigenvalue weighted by Crippen LogP contribution is 2.35. The maximum Gasteiger partial charge on any atom is 0.140 e. The van der Waals surface area contributed by atoms with Gasteiger partial charge in [-0.15, -0.1) is 0 Å². The first-order valence-electron chi connectivity index (χ1n) is 4.41. The minimum atomic E-state index is 0.432. The van der Waals surface area contributed by atoms with Gasteiger partial charge in [0.25, 0.3) is 0 Å². The minimum absolute atomic E-state index is 0.432. The van der Waals surface area contributed by atoms with Crippen molar-refractivity contribution in [2.45, 2.75) is 26.7 Å². The van der Waals surface area contributed by atoms with Gasteiger partial charge in [0.05, 0.1) is 12.1 Å². The van der Waals surface area contributed by atoms with Gasteiger partial charge in [0.1, 0.15) is 5.75 Å². The van der Waals surface area contributed by atoms with Crippen LogP contribution in [-0.4, -0.2) is 7.11 Å². The van der Waals surface area contributed by atoms with E-state index >= 15 is 0 Å². The second-order valence-corrected chi connectivity index (χ2v) is 3.85. The van der Waals surface area contributed by atoms with Crippen LogP contribution in [0.2, 0.25) is 5.02 Å². The van der Waals surface area contributed by atoms with Gasteiger partial charge in [0.2, 0.25) is 0 Å². The van der Waals surface area contributed by atoms with Gasteiger partial charge in [0.15, 0.2) is 0 Å². The molecule has 13 heavy (non-hydrogen) atoms. The SMILES string of the molecule is COc1c(C)ccc(C(C)C)c1Cl. The van der Waals surface area contributed by atoms with Crippen LogP contribution in [0.15, 0.2) is 12.1 Å². The van der Waals surface area contributed by atoms with Crippen molar-refractivity contribution in [3.63, 3.8) is 0 Å². The maximum absolute atomic E-state index is 6.18. The van der Waals surface area contributed by atoms with E-state index in [0.717, 1.165) is 21.9 Å². The van der Waals surface area contributed by atoms with Gasteiger partial charge in [-0.3, -0.25) is 0 Å². The van der Waals surface area contributed by atoms with Gasteiger partial charge in [-0.25, -0.2) is 0 Å². The fraction of sp³-hybridized carbons (Fsp3) is 0.455. The Kier molecular flexibility index (Phi) is 3.21. The van der Waals surface area contributed by atoms with E-state index in [1.165, 1.54) is 0 Å². The molecule has 0 aliphatic heterocycles. The van der Waals surface area contributed by atoms with Crippen molar-refractivity contribution in [3.05, 3.63) is 28.3 Å². The molecule has 1 nitrogen and oxygen atoms in total. The summed E-state index contributed by atoms with van der Waals surface area (Å²) >= 11 is 6.18. The number of hydrogen-bond acceptors (Lipinski definition) is 1. The molecule has 2 heteroatoms. The van der Waals surface area contributed by atoms with Crippen LogP contribution in [0.1, 0.15) is 30.9 Å². The summed E-state index contributed by atoms with van der Waals surface area (Å²) in [6, 6.07) is 4.10. The van der Waals surface area contributed by atoms with Crippen molar-refractivity contribution in [2.24, 2.45) is 0 Å². The van der Waals surface area contributed by atoms with Crippen LogP contribution in [0.25, 0.3) is 0 Å². The Morgan fingerprint density at radius 2 is 1.92 bits per heavy atom. The molecule has 72 valence electrons. The van der Waals surface area contributed by atoms with Crippen LogP contribution in [0.4, 0.5) is 0 Å². The average Bonchev–Trinajstić information content (AvgIpc) is 2.04. The van der Waals surface area contributed by atoms with Gasteiger partial charge in [-0.05, 0) is 24.0 Å². The van der Waals surface area contributed by atoms with Crippen LogP contribution < -0.4 is 4.74 Å². The molecular weight excluding hydrogens is 184 g/mol. The van der Waals surface area contributed by atoms with Crippen LogP contribution >= 0.6 is 11.6 Å². The quantitative estimate of drug-likeness (QED) is 0.703. The molecular formula is C11H15ClO. The molecule has 0 unspecified atom stereocenters. The van der Waals surface area contributed by atoms with E-state index in [9.17, 15) is 0 Å². The number of ether oxygens (including phenoxy) is 1. The topological polar surface area (TPSA) is 9.23 Å². The van der Waals surface area contributed by atoms with Crippen LogP contribution in [-0.2, 0) is 0 Å². The predicted molar refractivity (Wildman–Crippen MR) is 56.8 cm³/mol. The predicted octanol–water partition coefficient (Wildman–Crippen LogP) is 3.78. The monoisotopic (exact) mass is 198 g/mol. The summed E-state index contributed by atoms with van der Waals surface area (Å²) in [4.78, 5) is 0. The van der Waals surface area contributed by atoms with Crippen molar-refractivity contribution >= 4 is 11.6 Å². The third-order valence-electron chi connectivity index (χ3n) is 2.15. The van der Waals surface area contributed by atoms with E-state index < -0.39 is 0 Å². The summed E-state index contributed by atoms with van der Waals surface area (Å²) < 4.78 is 5.23. The zero-order chi connectivity index (χ0) is 10.0. The molecule has 0 fully saturated rings. The summed E-state index contributed by atoms with van der Waals surface area (Å²) in [5.74, 6) is 1.23. The normalized spacial score (nSPS) is 10.6. The molecule has 0 saturated heterocycles. The lowest BCUT2D eigenvalue weighted by molar-refractivity contribution is 0.411. The largest absolute Gasteiger partial charge is 0.495 e. The molecule has 0 saturated carbocycles. The van der Waals surface area contributed by atoms with Crippen LogP contribution in [0, 0.1) is 6.92 Å². The van der Waals surface area contributed by atoms with Gasteiger partial charge < -0.3 is 4.74 Å². The Morgan fingerprint density at radius 3 is 2.38 bits per heavy atom. The highest BCUT2D eigenvalue weighted by Gasteiger charge is 2.11. The smallest absolute Gasteiger partial charge is 0.140 e. The summed E-state index contributed by atoms with van der Waals surface area (Å²) in [5, 5.41) is 0.748. The van der Waals surface area contributed by atoms with E-state index in [1.54, 1.807) is 7.11 Å². The lowest BCUT2D eigenvalue weighted by Gasteiger charge is -2.13. The van der Waals surface area contributed by atoms with Crippen LogP contribution in [0.5, 0.6) is 5.75 Å². The third-order valence-corrected chi connectivity index (χ3v) is 2.54. The highest BCUT2D eigenvalue weighted by atomic mass is 35.5. The summed E-state index contributed by atoms with van der Waals surface area (Å²) in [6.07, 6.45) is 0. The Labute approximate surface area is 84.7 Å². The summed E-state index contributed by atoms with van der Waals surface area (Å²) in [5.41, 5.74) is 2.22. The molecule has 1 aromatic rings. The fourth-order valence-corrected chi connectivity index (χ4v) is 1.87. The Hall–Kier alpha value is -0.690. The highest BCUT2D eigenvalue weighted by molar-refractivity contribution is 6.33. The van der Waals surface area contributed by atoms with Gasteiger partial charge >= 0.3 is 0 Å². The van der Waals surface area contributed by atoms with E-state index in [2.05, 4.69) is 19.9 Å². The molecule has 0 spiro atoms. The number of benzene rings is 1. The summed E-state index contributed by atoms with van der Waals surface area (Å²) in [7, 11) is 1.65. The van der Waals surface area contributed by atoms with Gasteiger partial charge in [-0.1, -0.05) is 37.6 Å². The molecule has 0 aromatic heterocycles. The Morgan fingerprint density at radius 1 is 1.31 bits per heavy atom. The second-order valence-electron chi connectivity index (χ2n) is 3.47. The van der Waals surface area contributed by atoms with E-state index in [4.69, 9.17) is 16.3 Å². The first-order valence-corrected chi connectivity index (χ1v) is 4.78. The van der Waals surface area contributed by atoms with E-state index in [-0.39, 0.29) is 0 Å². The zero-order valence-electron chi connectivity index (χ0n) is 8.52. The number of aryl methyl sites for hydroxylation is 1. The van der Waals surface area contributed by atoms with Crippen molar-refractivity contribution in [3.8, 4) is 5.75 Å². The minimum Gasteiger partial charge on any atom is -0.495 e. The first-order chi connectivity index (χ1) is 6.07. The Balaban J connectivity index is 3.27. The lowest BCUT2D eigenvalue weighted by Crippen LogP contribution is -1.94. The third kappa shape index (κ3) is 1.97. The van der Waals surface area contributed by atoms with Crippen molar-refractivity contribution < 1.29 is 4.74 Å². The summed E-state index contributed by atoms with van der Waals surface area (Å²) in [6.45, 7) is 6.24. The van der Waals surface area contributed by atoms with Gasteiger partial charge in [-0.2, -0.15) is 0 Å². The molecule has 0 heterocycles. The Bertz CT molecular complexity index is 305. The first kappa shape index (κ1) is 10.4. The molecule has 0 atom stereocenters. The molecule has 0 aliphatic carbocycles. The van der Waals surface area contributed by atoms with E-state index in [0.29, 0.717) is 5.92 Å². The second kappa shape index (κ2) is 4.01. The van der Waals surface area contributed by atoms with Crippen molar-refractivity contribution in [1.29, 1.82) is 0 Å². The fourth-order valence-electron chi connectivity index (χ4n) is 1.36. The molecule has 0 aliphatic rings. The maximum atomic E-state index is 6.18. The number of rotatable bonds is 2. The van der Waals surface area contributed by atoms with Crippen molar-refractivity contribution in [2.75, 3.05) is 7.11 Å². The number of halogens is 1. The van der Waals surface area contributed by atoms with Crippen molar-refractivity contribution in [1.82, 2.24) is 0 Å². The average molecular weight is 199 g/mol. The lowest BCUT2D eigenvalue weighted by atomic mass is 10.0.